The fourth-order valence-electron chi connectivity index (χ4n) is 1.43. The Balaban J connectivity index is 5.14. The molecule has 0 aromatic rings. The van der Waals surface area contributed by atoms with Gasteiger partial charge in [-0.15, -0.1) is 0 Å². The standard InChI is InChI=1S/C16H25NO4/c1-12(8-7-9-13(2)17(3)4)14(10-15(18)20-5)11-16(19)21-6/h7-9H,10-11H2,1-6H3/b8-7+,13-9+. The molecule has 0 radical (unpaired) electrons. The molecule has 118 valence electrons. The average molecular weight is 295 g/mol. The van der Waals surface area contributed by atoms with Gasteiger partial charge in [-0.2, -0.15) is 0 Å². The predicted octanol–water partition coefficient (Wildman–Crippen LogP) is 2.45. The lowest BCUT2D eigenvalue weighted by atomic mass is 10.0. The van der Waals surface area contributed by atoms with Crippen LogP contribution < -0.4 is 0 Å². The van der Waals surface area contributed by atoms with Crippen molar-refractivity contribution in [2.75, 3.05) is 28.3 Å². The quantitative estimate of drug-likeness (QED) is 0.533. The van der Waals surface area contributed by atoms with E-state index in [2.05, 4.69) is 9.47 Å². The van der Waals surface area contributed by atoms with E-state index >= 15 is 0 Å². The van der Waals surface area contributed by atoms with Crippen molar-refractivity contribution in [1.82, 2.24) is 4.90 Å². The molecule has 0 saturated carbocycles. The van der Waals surface area contributed by atoms with Gasteiger partial charge in [0.2, 0.25) is 0 Å². The van der Waals surface area contributed by atoms with Crippen LogP contribution in [0.4, 0.5) is 0 Å². The molecule has 0 N–H and O–H groups in total. The van der Waals surface area contributed by atoms with E-state index < -0.39 is 0 Å². The van der Waals surface area contributed by atoms with E-state index in [9.17, 15) is 9.59 Å². The van der Waals surface area contributed by atoms with Crippen molar-refractivity contribution in [2.24, 2.45) is 0 Å². The molecule has 0 unspecified atom stereocenters. The fraction of sp³-hybridized carbons (Fsp3) is 0.500. The van der Waals surface area contributed by atoms with E-state index in [0.717, 1.165) is 11.3 Å². The number of hydrogen-bond acceptors (Lipinski definition) is 5. The van der Waals surface area contributed by atoms with Gasteiger partial charge in [0.25, 0.3) is 0 Å². The van der Waals surface area contributed by atoms with Crippen molar-refractivity contribution in [2.45, 2.75) is 26.7 Å². The predicted molar refractivity (Wildman–Crippen MR) is 82.6 cm³/mol. The molecule has 21 heavy (non-hydrogen) atoms. The van der Waals surface area contributed by atoms with Crippen LogP contribution in [0.5, 0.6) is 0 Å². The highest BCUT2D eigenvalue weighted by Crippen LogP contribution is 2.16. The van der Waals surface area contributed by atoms with E-state index in [1.165, 1.54) is 14.2 Å². The van der Waals surface area contributed by atoms with Crippen molar-refractivity contribution in [3.05, 3.63) is 35.1 Å². The maximum absolute atomic E-state index is 11.4. The zero-order chi connectivity index (χ0) is 16.4. The molecular formula is C16H25NO4. The van der Waals surface area contributed by atoms with E-state index in [4.69, 9.17) is 0 Å². The number of methoxy groups -OCH3 is 2. The molecule has 0 spiro atoms. The molecule has 0 fully saturated rings. The summed E-state index contributed by atoms with van der Waals surface area (Å²) in [6.07, 6.45) is 5.88. The summed E-state index contributed by atoms with van der Waals surface area (Å²) < 4.78 is 9.30. The Bertz CT molecular complexity index is 439. The lowest BCUT2D eigenvalue weighted by Gasteiger charge is -2.11. The molecule has 0 aliphatic heterocycles. The van der Waals surface area contributed by atoms with Gasteiger partial charge in [-0.05, 0) is 25.5 Å². The number of rotatable bonds is 7. The van der Waals surface area contributed by atoms with E-state index in [-0.39, 0.29) is 24.8 Å². The first kappa shape index (κ1) is 19.0. The summed E-state index contributed by atoms with van der Waals surface area (Å²) in [4.78, 5) is 24.8. The van der Waals surface area contributed by atoms with Crippen LogP contribution in [0.2, 0.25) is 0 Å². The SMILES string of the molecule is COC(=O)CC(CC(=O)OC)=C(C)/C=C/C=C(\C)N(C)C. The molecule has 0 amide bonds. The largest absolute Gasteiger partial charge is 0.469 e. The van der Waals surface area contributed by atoms with Crippen LogP contribution in [0, 0.1) is 0 Å². The Morgan fingerprint density at radius 3 is 1.86 bits per heavy atom. The van der Waals surface area contributed by atoms with Crippen molar-refractivity contribution >= 4 is 11.9 Å². The number of carbonyl (C=O) groups is 2. The molecule has 5 heteroatoms. The molecule has 0 aromatic heterocycles. The van der Waals surface area contributed by atoms with Gasteiger partial charge in [0.1, 0.15) is 0 Å². The Kier molecular flexibility index (Phi) is 8.85. The first-order valence-electron chi connectivity index (χ1n) is 6.66. The van der Waals surface area contributed by atoms with E-state index in [0.29, 0.717) is 5.57 Å². The van der Waals surface area contributed by atoms with Crippen LogP contribution in [0.15, 0.2) is 35.1 Å². The molecule has 0 rings (SSSR count). The van der Waals surface area contributed by atoms with Crippen molar-refractivity contribution in [3.63, 3.8) is 0 Å². The van der Waals surface area contributed by atoms with Crippen LogP contribution in [-0.4, -0.2) is 45.2 Å². The lowest BCUT2D eigenvalue weighted by Crippen LogP contribution is -2.08. The summed E-state index contributed by atoms with van der Waals surface area (Å²) in [7, 11) is 6.57. The maximum atomic E-state index is 11.4. The highest BCUT2D eigenvalue weighted by molar-refractivity contribution is 5.78. The highest BCUT2D eigenvalue weighted by atomic mass is 16.5. The van der Waals surface area contributed by atoms with Crippen LogP contribution >= 0.6 is 0 Å². The summed E-state index contributed by atoms with van der Waals surface area (Å²) in [5.41, 5.74) is 2.65. The number of allylic oxidation sites excluding steroid dienone is 5. The third-order valence-corrected chi connectivity index (χ3v) is 3.12. The van der Waals surface area contributed by atoms with Gasteiger partial charge in [0.15, 0.2) is 0 Å². The summed E-state index contributed by atoms with van der Waals surface area (Å²) in [6, 6.07) is 0. The monoisotopic (exact) mass is 295 g/mol. The van der Waals surface area contributed by atoms with Gasteiger partial charge in [-0.3, -0.25) is 9.59 Å². The van der Waals surface area contributed by atoms with Crippen LogP contribution in [0.1, 0.15) is 26.7 Å². The topological polar surface area (TPSA) is 55.8 Å². The number of ether oxygens (including phenoxy) is 2. The number of nitrogens with zero attached hydrogens (tertiary/aromatic N) is 1. The molecule has 5 nitrogen and oxygen atoms in total. The second-order valence-corrected chi connectivity index (χ2v) is 4.85. The zero-order valence-electron chi connectivity index (χ0n) is 13.7. The Labute approximate surface area is 126 Å². The lowest BCUT2D eigenvalue weighted by molar-refractivity contribution is -0.140. The Morgan fingerprint density at radius 2 is 1.48 bits per heavy atom. The van der Waals surface area contributed by atoms with Gasteiger partial charge in [-0.25, -0.2) is 0 Å². The minimum absolute atomic E-state index is 0.0815. The van der Waals surface area contributed by atoms with Crippen molar-refractivity contribution in [1.29, 1.82) is 0 Å². The third-order valence-electron chi connectivity index (χ3n) is 3.12. The summed E-state index contributed by atoms with van der Waals surface area (Å²) >= 11 is 0. The normalized spacial score (nSPS) is 11.2. The average Bonchev–Trinajstić information content (AvgIpc) is 2.45. The van der Waals surface area contributed by atoms with E-state index in [1.807, 2.05) is 51.1 Å². The Morgan fingerprint density at radius 1 is 1.00 bits per heavy atom. The molecule has 0 aromatic carbocycles. The van der Waals surface area contributed by atoms with Crippen LogP contribution in [0.3, 0.4) is 0 Å². The second-order valence-electron chi connectivity index (χ2n) is 4.85. The second kappa shape index (κ2) is 9.80. The summed E-state index contributed by atoms with van der Waals surface area (Å²) in [6.45, 7) is 3.85. The molecule has 0 aliphatic rings. The van der Waals surface area contributed by atoms with Gasteiger partial charge >= 0.3 is 11.9 Å². The van der Waals surface area contributed by atoms with Gasteiger partial charge in [0.05, 0.1) is 27.1 Å². The van der Waals surface area contributed by atoms with Crippen LogP contribution in [0.25, 0.3) is 0 Å². The molecule has 0 heterocycles. The minimum Gasteiger partial charge on any atom is -0.469 e. The Hall–Kier alpha value is -2.04. The molecule has 0 atom stereocenters. The number of esters is 2. The van der Waals surface area contributed by atoms with Crippen molar-refractivity contribution in [3.8, 4) is 0 Å². The third kappa shape index (κ3) is 7.97. The molecule has 0 saturated heterocycles. The zero-order valence-corrected chi connectivity index (χ0v) is 13.7. The van der Waals surface area contributed by atoms with Gasteiger partial charge in [0, 0.05) is 19.8 Å². The molecule has 0 bridgehead atoms. The highest BCUT2D eigenvalue weighted by Gasteiger charge is 2.13. The fourth-order valence-corrected chi connectivity index (χ4v) is 1.43. The first-order chi connectivity index (χ1) is 9.81. The van der Waals surface area contributed by atoms with Crippen molar-refractivity contribution < 1.29 is 19.1 Å². The minimum atomic E-state index is -0.373. The number of carbonyl (C=O) groups excluding carboxylic acids is 2. The molecular weight excluding hydrogens is 270 g/mol. The smallest absolute Gasteiger partial charge is 0.309 e. The molecule has 0 aliphatic carbocycles. The van der Waals surface area contributed by atoms with E-state index in [1.54, 1.807) is 0 Å². The van der Waals surface area contributed by atoms with Crippen LogP contribution in [-0.2, 0) is 19.1 Å². The number of hydrogen-bond donors (Lipinski definition) is 0. The van der Waals surface area contributed by atoms with Gasteiger partial charge in [-0.1, -0.05) is 17.7 Å². The maximum Gasteiger partial charge on any atom is 0.309 e. The van der Waals surface area contributed by atoms with Gasteiger partial charge < -0.3 is 14.4 Å². The summed E-state index contributed by atoms with van der Waals surface area (Å²) in [5.74, 6) is -0.747. The summed E-state index contributed by atoms with van der Waals surface area (Å²) in [5, 5.41) is 0. The first-order valence-corrected chi connectivity index (χ1v) is 6.66.